The number of rotatable bonds is 7. The van der Waals surface area contributed by atoms with Crippen LogP contribution in [0.4, 0.5) is 4.39 Å². The molecule has 0 fully saturated rings. The number of benzene rings is 1. The largest absolute Gasteiger partial charge is 0.468 e. The molecule has 2 amide bonds. The van der Waals surface area contributed by atoms with Gasteiger partial charge in [-0.25, -0.2) is 12.8 Å². The zero-order chi connectivity index (χ0) is 20.9. The Hall–Kier alpha value is -2.98. The van der Waals surface area contributed by atoms with E-state index in [9.17, 15) is 22.4 Å². The lowest BCUT2D eigenvalue weighted by Crippen LogP contribution is -2.41. The van der Waals surface area contributed by atoms with E-state index in [1.165, 1.54) is 29.7 Å². The summed E-state index contributed by atoms with van der Waals surface area (Å²) in [5.41, 5.74) is 0. The first kappa shape index (κ1) is 20.7. The van der Waals surface area contributed by atoms with Crippen LogP contribution >= 0.6 is 11.3 Å². The summed E-state index contributed by atoms with van der Waals surface area (Å²) < 4.78 is 44.3. The van der Waals surface area contributed by atoms with E-state index >= 15 is 0 Å². The minimum Gasteiger partial charge on any atom is -0.468 e. The standard InChI is InChI=1S/C19H17FN2O5S2/c20-13-5-7-15(8-6-13)29(25,26)17(16-4-1-9-27-16)12-22-19(24)18(23)21-11-14-3-2-10-28-14/h1-10,17H,11-12H2,(H,21,23)(H,22,24)/t17-/m0/s1. The fraction of sp³-hybridized carbons (Fsp3) is 0.158. The van der Waals surface area contributed by atoms with E-state index in [1.54, 1.807) is 0 Å². The van der Waals surface area contributed by atoms with Crippen molar-refractivity contribution >= 4 is 33.0 Å². The van der Waals surface area contributed by atoms with Gasteiger partial charge in [0.05, 0.1) is 17.7 Å². The van der Waals surface area contributed by atoms with E-state index < -0.39 is 39.3 Å². The van der Waals surface area contributed by atoms with Gasteiger partial charge in [-0.15, -0.1) is 11.3 Å². The van der Waals surface area contributed by atoms with Crippen molar-refractivity contribution in [2.75, 3.05) is 6.54 Å². The Morgan fingerprint density at radius 1 is 1.03 bits per heavy atom. The van der Waals surface area contributed by atoms with Gasteiger partial charge in [0.25, 0.3) is 0 Å². The molecule has 3 rings (SSSR count). The monoisotopic (exact) mass is 436 g/mol. The number of carbonyl (C=O) groups is 2. The summed E-state index contributed by atoms with van der Waals surface area (Å²) in [6, 6.07) is 10.9. The van der Waals surface area contributed by atoms with Gasteiger partial charge in [-0.1, -0.05) is 6.07 Å². The molecule has 0 aliphatic carbocycles. The topological polar surface area (TPSA) is 105 Å². The van der Waals surface area contributed by atoms with Crippen molar-refractivity contribution in [2.45, 2.75) is 16.7 Å². The zero-order valence-electron chi connectivity index (χ0n) is 15.0. The average Bonchev–Trinajstić information content (AvgIpc) is 3.40. The molecule has 0 unspecified atom stereocenters. The van der Waals surface area contributed by atoms with Crippen LogP contribution in [0.3, 0.4) is 0 Å². The van der Waals surface area contributed by atoms with Crippen LogP contribution in [0.25, 0.3) is 0 Å². The Kier molecular flexibility index (Phi) is 6.45. The molecule has 0 aliphatic rings. The summed E-state index contributed by atoms with van der Waals surface area (Å²) in [4.78, 5) is 24.8. The third kappa shape index (κ3) is 5.09. The third-order valence-electron chi connectivity index (χ3n) is 4.03. The van der Waals surface area contributed by atoms with Crippen molar-refractivity contribution in [2.24, 2.45) is 0 Å². The predicted octanol–water partition coefficient (Wildman–Crippen LogP) is 2.43. The molecule has 2 aromatic heterocycles. The van der Waals surface area contributed by atoms with Gasteiger partial charge in [0, 0.05) is 11.4 Å². The van der Waals surface area contributed by atoms with Crippen molar-refractivity contribution in [3.8, 4) is 0 Å². The second-order valence-corrected chi connectivity index (χ2v) is 9.14. The van der Waals surface area contributed by atoms with Crippen molar-refractivity contribution in [3.63, 3.8) is 0 Å². The molecule has 0 radical (unpaired) electrons. The molecule has 2 heterocycles. The number of sulfone groups is 1. The molecule has 0 saturated heterocycles. The molecule has 0 aliphatic heterocycles. The minimum absolute atomic E-state index is 0.0913. The van der Waals surface area contributed by atoms with E-state index in [4.69, 9.17) is 4.42 Å². The SMILES string of the molecule is O=C(NCc1cccs1)C(=O)NC[C@@H](c1ccco1)S(=O)(=O)c1ccc(F)cc1. The van der Waals surface area contributed by atoms with Crippen molar-refractivity contribution in [1.29, 1.82) is 0 Å². The van der Waals surface area contributed by atoms with Gasteiger partial charge in [0.1, 0.15) is 16.8 Å². The van der Waals surface area contributed by atoms with Crippen LogP contribution in [-0.4, -0.2) is 26.8 Å². The second-order valence-electron chi connectivity index (χ2n) is 5.98. The fourth-order valence-electron chi connectivity index (χ4n) is 2.55. The van der Waals surface area contributed by atoms with E-state index in [2.05, 4.69) is 10.6 Å². The van der Waals surface area contributed by atoms with Crippen LogP contribution in [0.5, 0.6) is 0 Å². The first-order valence-electron chi connectivity index (χ1n) is 8.49. The molecule has 1 aromatic carbocycles. The van der Waals surface area contributed by atoms with E-state index in [-0.39, 0.29) is 17.2 Å². The van der Waals surface area contributed by atoms with Crippen LogP contribution in [-0.2, 0) is 26.0 Å². The predicted molar refractivity (Wildman–Crippen MR) is 104 cm³/mol. The molecule has 152 valence electrons. The second kappa shape index (κ2) is 9.01. The van der Waals surface area contributed by atoms with E-state index in [0.717, 1.165) is 29.1 Å². The van der Waals surface area contributed by atoms with Gasteiger partial charge in [-0.3, -0.25) is 9.59 Å². The molecule has 0 saturated carbocycles. The Bertz CT molecular complexity index is 1060. The smallest absolute Gasteiger partial charge is 0.309 e. The maximum Gasteiger partial charge on any atom is 0.309 e. The highest BCUT2D eigenvalue weighted by Gasteiger charge is 2.32. The zero-order valence-corrected chi connectivity index (χ0v) is 16.6. The van der Waals surface area contributed by atoms with Crippen molar-refractivity contribution < 1.29 is 26.8 Å². The van der Waals surface area contributed by atoms with Crippen LogP contribution < -0.4 is 10.6 Å². The Balaban J connectivity index is 1.70. The van der Waals surface area contributed by atoms with E-state index in [0.29, 0.717) is 0 Å². The number of amides is 2. The molecule has 0 bridgehead atoms. The number of halogens is 1. The van der Waals surface area contributed by atoms with Gasteiger partial charge >= 0.3 is 11.8 Å². The molecular weight excluding hydrogens is 419 g/mol. The summed E-state index contributed by atoms with van der Waals surface area (Å²) in [6.45, 7) is -0.197. The Labute approximate surface area is 170 Å². The highest BCUT2D eigenvalue weighted by Crippen LogP contribution is 2.29. The van der Waals surface area contributed by atoms with Gasteiger partial charge in [0.2, 0.25) is 0 Å². The van der Waals surface area contributed by atoms with Crippen LogP contribution in [0, 0.1) is 5.82 Å². The first-order valence-corrected chi connectivity index (χ1v) is 10.9. The molecule has 1 atom stereocenters. The van der Waals surface area contributed by atoms with Gasteiger partial charge in [-0.05, 0) is 47.8 Å². The molecule has 10 heteroatoms. The lowest BCUT2D eigenvalue weighted by atomic mass is 10.3. The normalized spacial score (nSPS) is 12.3. The lowest BCUT2D eigenvalue weighted by Gasteiger charge is -2.16. The number of hydrogen-bond donors (Lipinski definition) is 2. The summed E-state index contributed by atoms with van der Waals surface area (Å²) in [5, 5.41) is 5.35. The van der Waals surface area contributed by atoms with Crippen LogP contribution in [0.1, 0.15) is 15.9 Å². The summed E-state index contributed by atoms with van der Waals surface area (Å²) in [5.74, 6) is -2.33. The fourth-order valence-corrected chi connectivity index (χ4v) is 4.78. The Morgan fingerprint density at radius 2 is 1.76 bits per heavy atom. The summed E-state index contributed by atoms with van der Waals surface area (Å²) >= 11 is 1.43. The molecule has 29 heavy (non-hydrogen) atoms. The lowest BCUT2D eigenvalue weighted by molar-refractivity contribution is -0.139. The number of carbonyl (C=O) groups excluding carboxylic acids is 2. The van der Waals surface area contributed by atoms with Gasteiger partial charge in [-0.2, -0.15) is 0 Å². The highest BCUT2D eigenvalue weighted by atomic mass is 32.2. The maximum atomic E-state index is 13.2. The van der Waals surface area contributed by atoms with Crippen molar-refractivity contribution in [1.82, 2.24) is 10.6 Å². The van der Waals surface area contributed by atoms with E-state index in [1.807, 2.05) is 17.5 Å². The number of hydrogen-bond acceptors (Lipinski definition) is 6. The molecule has 0 spiro atoms. The van der Waals surface area contributed by atoms with Gasteiger partial charge in [0.15, 0.2) is 9.84 Å². The number of furan rings is 1. The summed E-state index contributed by atoms with van der Waals surface area (Å²) in [7, 11) is -4.02. The maximum absolute atomic E-state index is 13.2. The highest BCUT2D eigenvalue weighted by molar-refractivity contribution is 7.91. The average molecular weight is 436 g/mol. The molecule has 7 nitrogen and oxygen atoms in total. The first-order chi connectivity index (χ1) is 13.9. The van der Waals surface area contributed by atoms with Crippen molar-refractivity contribution in [3.05, 3.63) is 76.6 Å². The quantitative estimate of drug-likeness (QED) is 0.437. The van der Waals surface area contributed by atoms with Gasteiger partial charge < -0.3 is 15.1 Å². The molecule has 2 N–H and O–H groups in total. The molecule has 3 aromatic rings. The minimum atomic E-state index is -4.02. The Morgan fingerprint density at radius 3 is 2.38 bits per heavy atom. The number of thiophene rings is 1. The summed E-state index contributed by atoms with van der Waals surface area (Å²) in [6.07, 6.45) is 1.30. The van der Waals surface area contributed by atoms with Crippen LogP contribution in [0.15, 0.2) is 69.5 Å². The molecular formula is C19H17FN2O5S2. The number of nitrogens with one attached hydrogen (secondary N) is 2. The third-order valence-corrected chi connectivity index (χ3v) is 6.99. The van der Waals surface area contributed by atoms with Crippen LogP contribution in [0.2, 0.25) is 0 Å².